The zero-order chi connectivity index (χ0) is 11.3. The van der Waals surface area contributed by atoms with Gasteiger partial charge in [-0.25, -0.2) is 0 Å². The molecule has 1 unspecified atom stereocenters. The van der Waals surface area contributed by atoms with Crippen LogP contribution in [0.4, 0.5) is 0 Å². The summed E-state index contributed by atoms with van der Waals surface area (Å²) in [6.07, 6.45) is 4.66. The number of nitriles is 1. The number of nitrogens with one attached hydrogen (secondary N) is 1. The van der Waals surface area contributed by atoms with Crippen molar-refractivity contribution in [2.75, 3.05) is 13.6 Å². The molecule has 1 N–H and O–H groups in total. The van der Waals surface area contributed by atoms with Gasteiger partial charge >= 0.3 is 0 Å². The summed E-state index contributed by atoms with van der Waals surface area (Å²) in [5, 5.41) is 11.4. The van der Waals surface area contributed by atoms with Gasteiger partial charge in [0.1, 0.15) is 0 Å². The smallest absolute Gasteiger partial charge is 0.236 e. The van der Waals surface area contributed by atoms with Crippen molar-refractivity contribution >= 4 is 5.91 Å². The molecule has 4 heteroatoms. The molecule has 1 fully saturated rings. The van der Waals surface area contributed by atoms with E-state index in [2.05, 4.69) is 11.4 Å². The lowest BCUT2D eigenvalue weighted by atomic mass is 10.1. The Morgan fingerprint density at radius 1 is 1.60 bits per heavy atom. The molecule has 0 aromatic carbocycles. The zero-order valence-corrected chi connectivity index (χ0v) is 9.49. The van der Waals surface area contributed by atoms with Crippen LogP contribution in [0.1, 0.15) is 32.6 Å². The first-order chi connectivity index (χ1) is 7.20. The van der Waals surface area contributed by atoms with Crippen LogP contribution in [0.15, 0.2) is 0 Å². The van der Waals surface area contributed by atoms with E-state index in [9.17, 15) is 4.79 Å². The van der Waals surface area contributed by atoms with Crippen molar-refractivity contribution in [1.29, 1.82) is 5.26 Å². The third kappa shape index (κ3) is 2.93. The Hall–Kier alpha value is -1.08. The van der Waals surface area contributed by atoms with E-state index in [1.807, 2.05) is 11.8 Å². The molecule has 84 valence electrons. The molecule has 1 saturated carbocycles. The summed E-state index contributed by atoms with van der Waals surface area (Å²) in [5.41, 5.74) is 0. The molecule has 15 heavy (non-hydrogen) atoms. The van der Waals surface area contributed by atoms with E-state index in [0.717, 1.165) is 12.8 Å². The Balaban J connectivity index is 2.63. The highest BCUT2D eigenvalue weighted by Gasteiger charge is 2.29. The Morgan fingerprint density at radius 3 is 2.67 bits per heavy atom. The molecule has 1 rings (SSSR count). The van der Waals surface area contributed by atoms with Gasteiger partial charge in [-0.1, -0.05) is 12.8 Å². The second-order valence-corrected chi connectivity index (χ2v) is 4.06. The van der Waals surface area contributed by atoms with Gasteiger partial charge in [-0.2, -0.15) is 5.26 Å². The van der Waals surface area contributed by atoms with Crippen LogP contribution in [0.3, 0.4) is 0 Å². The Morgan fingerprint density at radius 2 is 2.20 bits per heavy atom. The normalized spacial score (nSPS) is 18.8. The van der Waals surface area contributed by atoms with Crippen LogP contribution in [0.5, 0.6) is 0 Å². The van der Waals surface area contributed by atoms with Crippen molar-refractivity contribution in [3.8, 4) is 6.07 Å². The third-order valence-corrected chi connectivity index (χ3v) is 3.17. The van der Waals surface area contributed by atoms with Gasteiger partial charge in [-0.05, 0) is 19.8 Å². The summed E-state index contributed by atoms with van der Waals surface area (Å²) in [6, 6.07) is 2.37. The van der Waals surface area contributed by atoms with Gasteiger partial charge in [-0.15, -0.1) is 0 Å². The van der Waals surface area contributed by atoms with Crippen molar-refractivity contribution in [2.45, 2.75) is 44.7 Å². The maximum atomic E-state index is 11.5. The van der Waals surface area contributed by atoms with E-state index in [1.54, 1.807) is 7.05 Å². The van der Waals surface area contributed by atoms with Crippen LogP contribution in [0.25, 0.3) is 0 Å². The number of carbonyl (C=O) groups is 1. The topological polar surface area (TPSA) is 56.1 Å². The van der Waals surface area contributed by atoms with Crippen LogP contribution < -0.4 is 5.32 Å². The van der Waals surface area contributed by atoms with E-state index >= 15 is 0 Å². The van der Waals surface area contributed by atoms with Gasteiger partial charge < -0.3 is 5.32 Å². The van der Waals surface area contributed by atoms with Gasteiger partial charge in [0, 0.05) is 13.1 Å². The fourth-order valence-electron chi connectivity index (χ4n) is 2.26. The highest BCUT2D eigenvalue weighted by Crippen LogP contribution is 2.24. The zero-order valence-electron chi connectivity index (χ0n) is 9.49. The lowest BCUT2D eigenvalue weighted by molar-refractivity contribution is -0.126. The number of hydrogen-bond acceptors (Lipinski definition) is 3. The van der Waals surface area contributed by atoms with Crippen LogP contribution in [0, 0.1) is 11.3 Å². The maximum absolute atomic E-state index is 11.5. The molecule has 0 aromatic heterocycles. The largest absolute Gasteiger partial charge is 0.358 e. The second kappa shape index (κ2) is 5.72. The molecule has 0 aromatic rings. The molecule has 1 aliphatic carbocycles. The molecule has 1 amide bonds. The summed E-state index contributed by atoms with van der Waals surface area (Å²) >= 11 is 0. The molecule has 0 radical (unpaired) electrons. The van der Waals surface area contributed by atoms with Crippen molar-refractivity contribution in [3.05, 3.63) is 0 Å². The molecule has 0 aliphatic heterocycles. The number of amides is 1. The minimum absolute atomic E-state index is 0.00264. The summed E-state index contributed by atoms with van der Waals surface area (Å²) in [4.78, 5) is 13.5. The number of rotatable bonds is 4. The summed E-state index contributed by atoms with van der Waals surface area (Å²) in [5.74, 6) is -0.00264. The molecule has 1 aliphatic rings. The second-order valence-electron chi connectivity index (χ2n) is 4.06. The predicted octanol–water partition coefficient (Wildman–Crippen LogP) is 0.889. The summed E-state index contributed by atoms with van der Waals surface area (Å²) in [7, 11) is 1.64. The standard InChI is InChI=1S/C11H19N3O/c1-9(11(15)13-2)14(8-7-12)10-5-3-4-6-10/h9-10H,3-6,8H2,1-2H3,(H,13,15). The van der Waals surface area contributed by atoms with Crippen LogP contribution in [-0.4, -0.2) is 36.5 Å². The maximum Gasteiger partial charge on any atom is 0.236 e. The van der Waals surface area contributed by atoms with Gasteiger partial charge in [0.2, 0.25) is 5.91 Å². The first-order valence-corrected chi connectivity index (χ1v) is 5.55. The van der Waals surface area contributed by atoms with Crippen LogP contribution in [0.2, 0.25) is 0 Å². The average molecular weight is 209 g/mol. The molecule has 0 saturated heterocycles. The fraction of sp³-hybridized carbons (Fsp3) is 0.818. The van der Waals surface area contributed by atoms with Gasteiger partial charge in [-0.3, -0.25) is 9.69 Å². The highest BCUT2D eigenvalue weighted by molar-refractivity contribution is 5.81. The van der Waals surface area contributed by atoms with Gasteiger partial charge in [0.25, 0.3) is 0 Å². The van der Waals surface area contributed by atoms with E-state index in [4.69, 9.17) is 5.26 Å². The molecule has 0 spiro atoms. The third-order valence-electron chi connectivity index (χ3n) is 3.17. The lowest BCUT2D eigenvalue weighted by Gasteiger charge is -2.31. The van der Waals surface area contributed by atoms with Crippen molar-refractivity contribution in [3.63, 3.8) is 0 Å². The van der Waals surface area contributed by atoms with E-state index in [1.165, 1.54) is 12.8 Å². The first-order valence-electron chi connectivity index (χ1n) is 5.55. The minimum Gasteiger partial charge on any atom is -0.358 e. The average Bonchev–Trinajstić information content (AvgIpc) is 2.77. The number of likely N-dealkylation sites (N-methyl/N-ethyl adjacent to an activating group) is 1. The number of hydrogen-bond donors (Lipinski definition) is 1. The van der Waals surface area contributed by atoms with E-state index in [0.29, 0.717) is 12.6 Å². The summed E-state index contributed by atoms with van der Waals surface area (Å²) in [6.45, 7) is 2.22. The number of nitrogens with zero attached hydrogens (tertiary/aromatic N) is 2. The molecular weight excluding hydrogens is 190 g/mol. The minimum atomic E-state index is -0.197. The van der Waals surface area contributed by atoms with E-state index in [-0.39, 0.29) is 11.9 Å². The van der Waals surface area contributed by atoms with E-state index < -0.39 is 0 Å². The number of carbonyl (C=O) groups excluding carboxylic acids is 1. The van der Waals surface area contributed by atoms with Gasteiger partial charge in [0.15, 0.2) is 0 Å². The van der Waals surface area contributed by atoms with Crippen LogP contribution in [-0.2, 0) is 4.79 Å². The molecule has 4 nitrogen and oxygen atoms in total. The molecule has 1 atom stereocenters. The van der Waals surface area contributed by atoms with Crippen molar-refractivity contribution in [2.24, 2.45) is 0 Å². The molecular formula is C11H19N3O. The SMILES string of the molecule is CNC(=O)C(C)N(CC#N)C1CCCC1. The monoisotopic (exact) mass is 209 g/mol. The Bertz CT molecular complexity index is 253. The Kier molecular flexibility index (Phi) is 4.57. The van der Waals surface area contributed by atoms with Crippen molar-refractivity contribution in [1.82, 2.24) is 10.2 Å². The predicted molar refractivity (Wildman–Crippen MR) is 58.1 cm³/mol. The lowest BCUT2D eigenvalue weighted by Crippen LogP contribution is -2.48. The fourth-order valence-corrected chi connectivity index (χ4v) is 2.26. The quantitative estimate of drug-likeness (QED) is 0.699. The summed E-state index contributed by atoms with van der Waals surface area (Å²) < 4.78 is 0. The van der Waals surface area contributed by atoms with Gasteiger partial charge in [0.05, 0.1) is 18.7 Å². The Labute approximate surface area is 91.2 Å². The van der Waals surface area contributed by atoms with Crippen molar-refractivity contribution < 1.29 is 4.79 Å². The molecule has 0 bridgehead atoms. The molecule has 0 heterocycles. The van der Waals surface area contributed by atoms with Crippen LogP contribution >= 0.6 is 0 Å². The first kappa shape index (κ1) is 12.0. The highest BCUT2D eigenvalue weighted by atomic mass is 16.2.